The second-order valence-electron chi connectivity index (χ2n) is 6.62. The van der Waals surface area contributed by atoms with Gasteiger partial charge in [0.1, 0.15) is 11.6 Å². The number of nitrogens with one attached hydrogen (secondary N) is 1. The normalized spacial score (nSPS) is 14.3. The molecule has 1 saturated heterocycles. The quantitative estimate of drug-likeness (QED) is 0.308. The molecule has 30 heavy (non-hydrogen) atoms. The number of hydrogen-bond donors (Lipinski definition) is 2. The number of carbonyl (C=O) groups excluding carboxylic acids is 1. The molecule has 2 aromatic rings. The van der Waals surface area contributed by atoms with Crippen molar-refractivity contribution in [2.75, 3.05) is 44.7 Å². The molecule has 0 bridgehead atoms. The van der Waals surface area contributed by atoms with Crippen molar-refractivity contribution < 1.29 is 9.53 Å². The lowest BCUT2D eigenvalue weighted by atomic mass is 10.2. The number of halogens is 1. The van der Waals surface area contributed by atoms with Crippen molar-refractivity contribution in [1.82, 2.24) is 19.6 Å². The summed E-state index contributed by atoms with van der Waals surface area (Å²) in [5.41, 5.74) is 6.16. The highest BCUT2D eigenvalue weighted by molar-refractivity contribution is 14.0. The number of anilines is 1. The number of carbonyl (C=O) groups is 1. The van der Waals surface area contributed by atoms with E-state index in [1.807, 2.05) is 18.2 Å². The highest BCUT2D eigenvalue weighted by atomic mass is 127. The third kappa shape index (κ3) is 6.69. The highest BCUT2D eigenvalue weighted by Gasteiger charge is 2.22. The summed E-state index contributed by atoms with van der Waals surface area (Å²) in [5.74, 6) is 1.90. The Labute approximate surface area is 197 Å². The van der Waals surface area contributed by atoms with Gasteiger partial charge >= 0.3 is 0 Å². The van der Waals surface area contributed by atoms with E-state index in [0.29, 0.717) is 12.3 Å². The summed E-state index contributed by atoms with van der Waals surface area (Å²) in [7, 11) is 1.79. The Bertz CT molecular complexity index is 853. The van der Waals surface area contributed by atoms with Gasteiger partial charge in [-0.1, -0.05) is 19.1 Å². The van der Waals surface area contributed by atoms with Crippen molar-refractivity contribution in [2.24, 2.45) is 10.7 Å². The lowest BCUT2D eigenvalue weighted by molar-refractivity contribution is -0.119. The van der Waals surface area contributed by atoms with Crippen molar-refractivity contribution in [1.29, 1.82) is 0 Å². The highest BCUT2D eigenvalue weighted by Crippen LogP contribution is 2.19. The maximum Gasteiger partial charge on any atom is 0.255 e. The second-order valence-corrected chi connectivity index (χ2v) is 7.35. The predicted molar refractivity (Wildman–Crippen MR) is 130 cm³/mol. The van der Waals surface area contributed by atoms with Crippen LogP contribution >= 0.6 is 35.5 Å². The summed E-state index contributed by atoms with van der Waals surface area (Å²) in [6.07, 6.45) is 0.863. The summed E-state index contributed by atoms with van der Waals surface area (Å²) < 4.78 is 9.74. The van der Waals surface area contributed by atoms with E-state index in [-0.39, 0.29) is 30.6 Å². The van der Waals surface area contributed by atoms with Crippen molar-refractivity contribution in [3.8, 4) is 5.75 Å². The summed E-state index contributed by atoms with van der Waals surface area (Å²) in [5, 5.41) is 4.40. The molecule has 1 aromatic carbocycles. The summed E-state index contributed by atoms with van der Waals surface area (Å²) in [6.45, 7) is 6.04. The third-order valence-corrected chi connectivity index (χ3v) is 5.38. The monoisotopic (exact) mass is 545 g/mol. The van der Waals surface area contributed by atoms with Gasteiger partial charge < -0.3 is 25.6 Å². The van der Waals surface area contributed by atoms with E-state index < -0.39 is 5.91 Å². The first-order valence-electron chi connectivity index (χ1n) is 9.62. The number of ether oxygens (including phenoxy) is 1. The van der Waals surface area contributed by atoms with E-state index in [2.05, 4.69) is 36.4 Å². The number of piperazine rings is 1. The fourth-order valence-corrected chi connectivity index (χ4v) is 3.84. The third-order valence-electron chi connectivity index (χ3n) is 4.57. The zero-order valence-electron chi connectivity index (χ0n) is 17.2. The Morgan fingerprint density at radius 3 is 2.73 bits per heavy atom. The standard InChI is InChI=1S/C19H27N7O2S.HI/c1-3-17-23-19(29-24-17)26-9-7-25(8-10-26)18(21-2)22-12-14-5-4-6-15(11-14)28-13-16(20)27;/h4-6,11H,3,7-10,12-13H2,1-2H3,(H2,20,27)(H,21,22);1H. The molecule has 2 heterocycles. The minimum atomic E-state index is -0.493. The first kappa shape index (κ1) is 24.1. The van der Waals surface area contributed by atoms with E-state index in [1.165, 1.54) is 11.5 Å². The number of rotatable bonds is 7. The lowest BCUT2D eigenvalue weighted by Gasteiger charge is -2.36. The Kier molecular flexibility index (Phi) is 9.56. The number of aryl methyl sites for hydroxylation is 1. The summed E-state index contributed by atoms with van der Waals surface area (Å²) in [4.78, 5) is 24.4. The molecular weight excluding hydrogens is 517 g/mol. The van der Waals surface area contributed by atoms with Crippen LogP contribution in [0.25, 0.3) is 0 Å². The predicted octanol–water partition coefficient (Wildman–Crippen LogP) is 1.48. The van der Waals surface area contributed by atoms with E-state index in [9.17, 15) is 4.79 Å². The van der Waals surface area contributed by atoms with Crippen LogP contribution in [0.5, 0.6) is 5.75 Å². The Hall–Kier alpha value is -2.15. The van der Waals surface area contributed by atoms with Crippen LogP contribution < -0.4 is 20.7 Å². The number of guanidine groups is 1. The minimum absolute atomic E-state index is 0. The molecule has 11 heteroatoms. The van der Waals surface area contributed by atoms with Gasteiger partial charge in [0.05, 0.1) is 0 Å². The summed E-state index contributed by atoms with van der Waals surface area (Å²) in [6, 6.07) is 7.58. The molecule has 0 spiro atoms. The van der Waals surface area contributed by atoms with Crippen LogP contribution in [0.15, 0.2) is 29.3 Å². The van der Waals surface area contributed by atoms with Crippen molar-refractivity contribution >= 4 is 52.5 Å². The topological polar surface area (TPSA) is 109 Å². The molecule has 1 aromatic heterocycles. The van der Waals surface area contributed by atoms with Crippen LogP contribution in [0.1, 0.15) is 18.3 Å². The average Bonchev–Trinajstić information content (AvgIpc) is 3.23. The van der Waals surface area contributed by atoms with Crippen LogP contribution in [0.4, 0.5) is 5.13 Å². The Morgan fingerprint density at radius 2 is 2.10 bits per heavy atom. The molecule has 1 amide bonds. The molecule has 3 rings (SSSR count). The van der Waals surface area contributed by atoms with E-state index >= 15 is 0 Å². The molecule has 0 atom stereocenters. The molecule has 3 N–H and O–H groups in total. The number of primary amides is 1. The summed E-state index contributed by atoms with van der Waals surface area (Å²) >= 11 is 1.47. The molecular formula is C19H28IN7O2S. The first-order chi connectivity index (χ1) is 14.1. The zero-order chi connectivity index (χ0) is 20.6. The van der Waals surface area contributed by atoms with Gasteiger partial charge in [-0.3, -0.25) is 9.79 Å². The van der Waals surface area contributed by atoms with Crippen LogP contribution in [0.2, 0.25) is 0 Å². The number of aromatic nitrogens is 2. The zero-order valence-corrected chi connectivity index (χ0v) is 20.4. The van der Waals surface area contributed by atoms with Gasteiger partial charge in [-0.2, -0.15) is 4.37 Å². The fraction of sp³-hybridized carbons (Fsp3) is 0.474. The molecule has 9 nitrogen and oxygen atoms in total. The largest absolute Gasteiger partial charge is 0.484 e. The number of hydrogen-bond acceptors (Lipinski definition) is 7. The molecule has 1 aliphatic heterocycles. The molecule has 1 aliphatic rings. The smallest absolute Gasteiger partial charge is 0.255 e. The van der Waals surface area contributed by atoms with Gasteiger partial charge in [0.25, 0.3) is 5.91 Å². The number of nitrogens with two attached hydrogens (primary N) is 1. The van der Waals surface area contributed by atoms with E-state index in [0.717, 1.165) is 55.1 Å². The second kappa shape index (κ2) is 11.9. The minimum Gasteiger partial charge on any atom is -0.484 e. The number of nitrogens with zero attached hydrogens (tertiary/aromatic N) is 5. The SMILES string of the molecule is CCc1nsc(N2CCN(C(=NC)NCc3cccc(OCC(N)=O)c3)CC2)n1.I. The van der Waals surface area contributed by atoms with Crippen molar-refractivity contribution in [2.45, 2.75) is 19.9 Å². The molecule has 164 valence electrons. The van der Waals surface area contributed by atoms with Gasteiger partial charge in [0.15, 0.2) is 12.6 Å². The van der Waals surface area contributed by atoms with Gasteiger partial charge in [0.2, 0.25) is 5.13 Å². The van der Waals surface area contributed by atoms with E-state index in [4.69, 9.17) is 10.5 Å². The molecule has 0 saturated carbocycles. The number of amides is 1. The van der Waals surface area contributed by atoms with Crippen LogP contribution in [-0.4, -0.2) is 66.0 Å². The van der Waals surface area contributed by atoms with E-state index in [1.54, 1.807) is 13.1 Å². The number of aliphatic imine (C=N–C) groups is 1. The average molecular weight is 545 g/mol. The van der Waals surface area contributed by atoms with Gasteiger partial charge in [-0.25, -0.2) is 4.98 Å². The van der Waals surface area contributed by atoms with Gasteiger partial charge in [0, 0.05) is 57.7 Å². The number of benzene rings is 1. The van der Waals surface area contributed by atoms with Crippen molar-refractivity contribution in [3.05, 3.63) is 35.7 Å². The maximum atomic E-state index is 10.9. The van der Waals surface area contributed by atoms with Gasteiger partial charge in [-0.15, -0.1) is 24.0 Å². The van der Waals surface area contributed by atoms with Crippen molar-refractivity contribution in [3.63, 3.8) is 0 Å². The Morgan fingerprint density at radius 1 is 1.33 bits per heavy atom. The Balaban J connectivity index is 0.00000320. The van der Waals surface area contributed by atoms with Crippen LogP contribution in [0, 0.1) is 0 Å². The van der Waals surface area contributed by atoms with Gasteiger partial charge in [-0.05, 0) is 17.7 Å². The lowest BCUT2D eigenvalue weighted by Crippen LogP contribution is -2.52. The first-order valence-corrected chi connectivity index (χ1v) is 10.4. The maximum absolute atomic E-state index is 10.9. The fourth-order valence-electron chi connectivity index (χ4n) is 3.04. The molecule has 0 unspecified atom stereocenters. The van der Waals surface area contributed by atoms with Crippen LogP contribution in [0.3, 0.4) is 0 Å². The molecule has 0 aliphatic carbocycles. The molecule has 1 fully saturated rings. The van der Waals surface area contributed by atoms with Crippen LogP contribution in [-0.2, 0) is 17.8 Å². The molecule has 0 radical (unpaired) electrons.